The molecule has 2 aromatic carbocycles. The highest BCUT2D eigenvalue weighted by Gasteiger charge is 2.30. The predicted molar refractivity (Wildman–Crippen MR) is 214 cm³/mol. The maximum atomic E-state index is 15.0. The average Bonchev–Trinajstić information content (AvgIpc) is 3.14. The van der Waals surface area contributed by atoms with E-state index in [9.17, 15) is 9.18 Å². The molecule has 0 saturated carbocycles. The molecular formula is C42H60FN9O2. The van der Waals surface area contributed by atoms with Crippen molar-refractivity contribution < 1.29 is 13.9 Å². The number of piperazine rings is 1. The number of ether oxygens (including phenoxy) is 1. The lowest BCUT2D eigenvalue weighted by Crippen LogP contribution is -2.44. The van der Waals surface area contributed by atoms with E-state index in [0.29, 0.717) is 41.8 Å². The number of aromatic nitrogens is 1. The quantitative estimate of drug-likeness (QED) is 0.0727. The number of amidine groups is 1. The Balaban J connectivity index is 1.28. The van der Waals surface area contributed by atoms with E-state index in [2.05, 4.69) is 45.8 Å². The summed E-state index contributed by atoms with van der Waals surface area (Å²) in [4.78, 5) is 22.9. The fourth-order valence-corrected chi connectivity index (χ4v) is 6.76. The summed E-state index contributed by atoms with van der Waals surface area (Å²) in [7, 11) is 2.10. The van der Waals surface area contributed by atoms with Gasteiger partial charge in [-0.1, -0.05) is 58.4 Å². The molecule has 2 aliphatic rings. The Kier molecular flexibility index (Phi) is 14.4. The van der Waals surface area contributed by atoms with Crippen LogP contribution in [0.5, 0.6) is 5.75 Å². The van der Waals surface area contributed by atoms with E-state index in [1.54, 1.807) is 24.3 Å². The third-order valence-corrected chi connectivity index (χ3v) is 10.2. The Hall–Kier alpha value is -4.52. The first-order valence-corrected chi connectivity index (χ1v) is 19.4. The highest BCUT2D eigenvalue weighted by atomic mass is 19.1. The molecule has 2 unspecified atom stereocenters. The van der Waals surface area contributed by atoms with Crippen LogP contribution >= 0.6 is 0 Å². The number of urea groups is 1. The Morgan fingerprint density at radius 3 is 2.54 bits per heavy atom. The van der Waals surface area contributed by atoms with Crippen LogP contribution in [-0.4, -0.2) is 72.5 Å². The maximum absolute atomic E-state index is 15.0. The number of fused-ring (bicyclic) bond motifs is 1. The number of aryl methyl sites for hydroxylation is 1. The van der Waals surface area contributed by atoms with E-state index >= 15 is 0 Å². The molecule has 292 valence electrons. The van der Waals surface area contributed by atoms with Crippen molar-refractivity contribution in [1.82, 2.24) is 30.3 Å². The van der Waals surface area contributed by atoms with Gasteiger partial charge in [-0.05, 0) is 87.3 Å². The van der Waals surface area contributed by atoms with E-state index in [0.717, 1.165) is 82.0 Å². The number of unbranched alkanes of at least 4 members (excludes halogenated alkanes) is 2. The van der Waals surface area contributed by atoms with E-state index in [1.807, 2.05) is 55.8 Å². The number of benzene rings is 2. The van der Waals surface area contributed by atoms with E-state index in [1.165, 1.54) is 6.07 Å². The van der Waals surface area contributed by atoms with Crippen LogP contribution in [0, 0.1) is 16.6 Å². The summed E-state index contributed by atoms with van der Waals surface area (Å²) in [6.07, 6.45) is 7.99. The second-order valence-corrected chi connectivity index (χ2v) is 15.5. The molecule has 2 atom stereocenters. The number of pyridine rings is 1. The molecule has 2 amide bonds. The van der Waals surface area contributed by atoms with Crippen LogP contribution in [0.25, 0.3) is 0 Å². The van der Waals surface area contributed by atoms with Gasteiger partial charge in [0.05, 0.1) is 11.7 Å². The molecular weight excluding hydrogens is 682 g/mol. The maximum Gasteiger partial charge on any atom is 0.320 e. The molecule has 1 aliphatic carbocycles. The number of likely N-dealkylation sites (N-methyl/N-ethyl adjacent to an activating group) is 1. The Morgan fingerprint density at radius 1 is 1.04 bits per heavy atom. The number of carbonyl (C=O) groups is 1. The van der Waals surface area contributed by atoms with Gasteiger partial charge in [0.25, 0.3) is 0 Å². The molecule has 6 N–H and O–H groups in total. The number of hydrogen-bond acceptors (Lipinski definition) is 8. The average molecular weight is 742 g/mol. The molecule has 0 bridgehead atoms. The smallest absolute Gasteiger partial charge is 0.320 e. The number of amides is 2. The summed E-state index contributed by atoms with van der Waals surface area (Å²) in [5, 5.41) is 17.9. The standard InChI is InChI=1S/C42H60FN9O2/c1-6-46-20-10-7-11-21-52-29-32(15-19-39(52)45)54-37-18-17-36(33-12-8-9-13-34(33)37)48-41(53)49-40(27-38(44)42(2,3)4)47-31-14-16-35(43)30(26-31)28-51-24-22-50(5)23-25-51/h8-9,12-16,19,26-27,29,36-37,45-46H,6-7,10-11,17-18,20-25,28,44H2,1-5H3,(H2,47,48,49,53). The Labute approximate surface area is 320 Å². The Bertz CT molecular complexity index is 1820. The van der Waals surface area contributed by atoms with Crippen LogP contribution in [0.2, 0.25) is 0 Å². The van der Waals surface area contributed by atoms with Gasteiger partial charge in [0, 0.05) is 68.2 Å². The van der Waals surface area contributed by atoms with Crippen molar-refractivity contribution in [2.45, 2.75) is 85.0 Å². The van der Waals surface area contributed by atoms with Gasteiger partial charge in [0.15, 0.2) is 0 Å². The number of nitrogens with two attached hydrogens (primary N) is 1. The lowest BCUT2D eigenvalue weighted by Gasteiger charge is -2.32. The van der Waals surface area contributed by atoms with Crippen molar-refractivity contribution in [3.63, 3.8) is 0 Å². The molecule has 0 spiro atoms. The van der Waals surface area contributed by atoms with Gasteiger partial charge in [-0.2, -0.15) is 0 Å². The first kappa shape index (κ1) is 40.7. The molecule has 1 aliphatic heterocycles. The van der Waals surface area contributed by atoms with Crippen LogP contribution in [0.1, 0.15) is 88.6 Å². The number of allylic oxidation sites excluding steroid dienone is 1. The summed E-state index contributed by atoms with van der Waals surface area (Å²) in [5.41, 5.74) is 10.2. The van der Waals surface area contributed by atoms with Crippen LogP contribution in [0.4, 0.5) is 14.9 Å². The highest BCUT2D eigenvalue weighted by Crippen LogP contribution is 2.38. The number of nitrogens with zero attached hydrogens (tertiary/aromatic N) is 4. The molecule has 54 heavy (non-hydrogen) atoms. The minimum atomic E-state index is -0.414. The zero-order chi connectivity index (χ0) is 38.7. The van der Waals surface area contributed by atoms with Crippen LogP contribution in [0.15, 0.2) is 77.6 Å². The summed E-state index contributed by atoms with van der Waals surface area (Å²) in [6.45, 7) is 15.0. The highest BCUT2D eigenvalue weighted by molar-refractivity contribution is 6.05. The van der Waals surface area contributed by atoms with Crippen LogP contribution in [0.3, 0.4) is 0 Å². The first-order chi connectivity index (χ1) is 25.9. The normalized spacial score (nSPS) is 18.6. The molecule has 1 saturated heterocycles. The minimum Gasteiger partial charge on any atom is -0.484 e. The zero-order valence-electron chi connectivity index (χ0n) is 32.8. The number of rotatable bonds is 14. The van der Waals surface area contributed by atoms with Crippen molar-refractivity contribution in [2.75, 3.05) is 46.3 Å². The molecule has 2 heterocycles. The van der Waals surface area contributed by atoms with Crippen molar-refractivity contribution in [1.29, 1.82) is 5.41 Å². The molecule has 0 radical (unpaired) electrons. The van der Waals surface area contributed by atoms with Gasteiger partial charge in [0.2, 0.25) is 0 Å². The molecule has 1 fully saturated rings. The molecule has 12 heteroatoms. The fraction of sp³-hybridized carbons (Fsp3) is 0.500. The van der Waals surface area contributed by atoms with Crippen LogP contribution in [-0.2, 0) is 13.1 Å². The summed E-state index contributed by atoms with van der Waals surface area (Å²) >= 11 is 0. The molecule has 1 aromatic heterocycles. The van der Waals surface area contributed by atoms with E-state index < -0.39 is 6.03 Å². The van der Waals surface area contributed by atoms with Crippen molar-refractivity contribution in [3.8, 4) is 5.75 Å². The van der Waals surface area contributed by atoms with Gasteiger partial charge in [-0.3, -0.25) is 15.6 Å². The molecule has 3 aromatic rings. The van der Waals surface area contributed by atoms with Gasteiger partial charge in [-0.25, -0.2) is 14.2 Å². The second-order valence-electron chi connectivity index (χ2n) is 15.5. The molecule has 5 rings (SSSR count). The second kappa shape index (κ2) is 19.2. The topological polar surface area (TPSA) is 136 Å². The Morgan fingerprint density at radius 2 is 1.80 bits per heavy atom. The third-order valence-electron chi connectivity index (χ3n) is 10.2. The number of hydrogen-bond donors (Lipinski definition) is 5. The van der Waals surface area contributed by atoms with Crippen molar-refractivity contribution in [2.24, 2.45) is 16.1 Å². The number of carbonyl (C=O) groups excluding carboxylic acids is 1. The zero-order valence-corrected chi connectivity index (χ0v) is 32.8. The lowest BCUT2D eigenvalue weighted by atomic mass is 9.85. The van der Waals surface area contributed by atoms with Gasteiger partial charge in [-0.15, -0.1) is 0 Å². The van der Waals surface area contributed by atoms with Crippen molar-refractivity contribution >= 4 is 17.6 Å². The van der Waals surface area contributed by atoms with Gasteiger partial charge >= 0.3 is 6.03 Å². The number of halogens is 1. The fourth-order valence-electron chi connectivity index (χ4n) is 6.76. The summed E-state index contributed by atoms with van der Waals surface area (Å²) in [6, 6.07) is 15.8. The third kappa shape index (κ3) is 11.7. The minimum absolute atomic E-state index is 0.197. The van der Waals surface area contributed by atoms with Gasteiger partial charge in [0.1, 0.15) is 29.0 Å². The first-order valence-electron chi connectivity index (χ1n) is 19.4. The van der Waals surface area contributed by atoms with Crippen molar-refractivity contribution in [3.05, 3.63) is 101 Å². The van der Waals surface area contributed by atoms with Gasteiger partial charge < -0.3 is 30.6 Å². The number of nitrogens with one attached hydrogen (secondary N) is 4. The largest absolute Gasteiger partial charge is 0.484 e. The lowest BCUT2D eigenvalue weighted by molar-refractivity contribution is 0.147. The predicted octanol–water partition coefficient (Wildman–Crippen LogP) is 6.51. The van der Waals surface area contributed by atoms with E-state index in [-0.39, 0.29) is 29.2 Å². The monoisotopic (exact) mass is 741 g/mol. The van der Waals surface area contributed by atoms with E-state index in [4.69, 9.17) is 20.9 Å². The molecule has 11 nitrogen and oxygen atoms in total. The van der Waals surface area contributed by atoms with Crippen LogP contribution < -0.4 is 31.9 Å². The summed E-state index contributed by atoms with van der Waals surface area (Å²) < 4.78 is 23.5. The summed E-state index contributed by atoms with van der Waals surface area (Å²) in [5.74, 6) is 0.715. The number of aliphatic imine (C=N–C) groups is 1. The SMILES string of the molecule is CCNCCCCCn1cc(OC2CCC(NC(=O)NC(C=C(N)C(C)(C)C)=Nc3ccc(F)c(CN4CCN(C)CC4)c3)c3ccccc32)ccc1=N.